The van der Waals surface area contributed by atoms with E-state index in [1.165, 1.54) is 23.6 Å². The summed E-state index contributed by atoms with van der Waals surface area (Å²) in [6.07, 6.45) is -3.24. The minimum Gasteiger partial charge on any atom is -0.507 e. The van der Waals surface area contributed by atoms with Gasteiger partial charge in [0.25, 0.3) is 5.72 Å². The highest BCUT2D eigenvalue weighted by Gasteiger charge is 2.62. The second-order valence-corrected chi connectivity index (χ2v) is 6.86. The van der Waals surface area contributed by atoms with Crippen molar-refractivity contribution in [3.63, 3.8) is 0 Å². The fourth-order valence-corrected chi connectivity index (χ4v) is 3.37. The Hall–Kier alpha value is -2.92. The number of para-hydroxylation sites is 1. The maximum atomic E-state index is 13.6. The molecule has 7 nitrogen and oxygen atoms in total. The number of benzene rings is 1. The summed E-state index contributed by atoms with van der Waals surface area (Å²) in [5, 5.41) is 25.3. The van der Waals surface area contributed by atoms with E-state index in [4.69, 9.17) is 4.74 Å². The molecule has 154 valence electrons. The van der Waals surface area contributed by atoms with Crippen LogP contribution in [0.5, 0.6) is 5.75 Å². The number of allylic oxidation sites excluding steroid dienone is 1. The van der Waals surface area contributed by atoms with Crippen molar-refractivity contribution in [2.24, 2.45) is 5.10 Å². The third-order valence-electron chi connectivity index (χ3n) is 4.01. The lowest BCUT2D eigenvalue weighted by Gasteiger charge is -2.32. The number of anilines is 1. The lowest BCUT2D eigenvalue weighted by Crippen LogP contribution is -2.55. The van der Waals surface area contributed by atoms with Gasteiger partial charge in [0, 0.05) is 10.9 Å². The smallest absolute Gasteiger partial charge is 0.438 e. The Morgan fingerprint density at radius 1 is 1.38 bits per heavy atom. The number of rotatable bonds is 5. The van der Waals surface area contributed by atoms with E-state index < -0.39 is 24.3 Å². The fraction of sp³-hybridized carbons (Fsp3) is 0.278. The molecule has 0 unspecified atom stereocenters. The van der Waals surface area contributed by atoms with Crippen molar-refractivity contribution in [1.29, 1.82) is 0 Å². The Morgan fingerprint density at radius 3 is 2.76 bits per heavy atom. The first kappa shape index (κ1) is 20.8. The number of hydrogen-bond donors (Lipinski definition) is 2. The van der Waals surface area contributed by atoms with Crippen LogP contribution in [0.25, 0.3) is 6.08 Å². The molecule has 0 saturated carbocycles. The number of ether oxygens (including phenoxy) is 1. The Balaban J connectivity index is 1.94. The average molecular weight is 427 g/mol. The molecule has 0 radical (unpaired) electrons. The predicted molar refractivity (Wildman–Crippen MR) is 101 cm³/mol. The zero-order valence-corrected chi connectivity index (χ0v) is 15.9. The van der Waals surface area contributed by atoms with Crippen molar-refractivity contribution in [1.82, 2.24) is 4.98 Å². The number of alkyl halides is 3. The SMILES string of the molecule is CCOC(=O)c1csc(N2N=C(/C=C/c3ccccc3O)C[C@]2(O)C(F)(F)F)n1. The van der Waals surface area contributed by atoms with E-state index in [2.05, 4.69) is 10.1 Å². The van der Waals surface area contributed by atoms with Crippen LogP contribution < -0.4 is 5.01 Å². The average Bonchev–Trinajstić information content (AvgIpc) is 3.26. The largest absolute Gasteiger partial charge is 0.507 e. The number of carbonyl (C=O) groups is 1. The van der Waals surface area contributed by atoms with Crippen LogP contribution in [0.2, 0.25) is 0 Å². The van der Waals surface area contributed by atoms with Crippen LogP contribution in [0.15, 0.2) is 40.8 Å². The predicted octanol–water partition coefficient (Wildman–Crippen LogP) is 3.56. The van der Waals surface area contributed by atoms with E-state index in [-0.39, 0.29) is 28.9 Å². The molecule has 0 fully saturated rings. The van der Waals surface area contributed by atoms with Crippen LogP contribution in [0.4, 0.5) is 18.3 Å². The van der Waals surface area contributed by atoms with Gasteiger partial charge < -0.3 is 14.9 Å². The Kier molecular flexibility index (Phi) is 5.62. The number of aromatic nitrogens is 1. The van der Waals surface area contributed by atoms with Gasteiger partial charge in [-0.25, -0.2) is 9.78 Å². The summed E-state index contributed by atoms with van der Waals surface area (Å²) >= 11 is 0.721. The number of phenolic OH excluding ortho intramolecular Hbond substituents is 1. The van der Waals surface area contributed by atoms with E-state index >= 15 is 0 Å². The molecule has 3 rings (SSSR count). The summed E-state index contributed by atoms with van der Waals surface area (Å²) in [6, 6.07) is 6.26. The molecule has 2 aromatic rings. The highest BCUT2D eigenvalue weighted by atomic mass is 32.1. The van der Waals surface area contributed by atoms with Crippen LogP contribution in [0.3, 0.4) is 0 Å². The topological polar surface area (TPSA) is 95.2 Å². The van der Waals surface area contributed by atoms with Crippen LogP contribution >= 0.6 is 11.3 Å². The normalized spacial score (nSPS) is 19.6. The molecule has 0 amide bonds. The van der Waals surface area contributed by atoms with E-state index in [1.807, 2.05) is 0 Å². The van der Waals surface area contributed by atoms with Crippen molar-refractivity contribution >= 4 is 34.2 Å². The van der Waals surface area contributed by atoms with Crippen molar-refractivity contribution in [2.75, 3.05) is 11.6 Å². The monoisotopic (exact) mass is 427 g/mol. The first-order valence-corrected chi connectivity index (χ1v) is 9.29. The van der Waals surface area contributed by atoms with Gasteiger partial charge in [0.2, 0.25) is 5.13 Å². The Morgan fingerprint density at radius 2 is 2.10 bits per heavy atom. The molecule has 1 aromatic heterocycles. The summed E-state index contributed by atoms with van der Waals surface area (Å²) in [6.45, 7) is 1.67. The van der Waals surface area contributed by atoms with Gasteiger partial charge in [-0.05, 0) is 25.1 Å². The molecule has 1 atom stereocenters. The fourth-order valence-electron chi connectivity index (χ4n) is 2.56. The van der Waals surface area contributed by atoms with E-state index in [0.29, 0.717) is 10.6 Å². The highest BCUT2D eigenvalue weighted by Crippen LogP contribution is 2.43. The van der Waals surface area contributed by atoms with Crippen molar-refractivity contribution in [2.45, 2.75) is 25.2 Å². The summed E-state index contributed by atoms with van der Waals surface area (Å²) in [7, 11) is 0. The Labute approximate surface area is 167 Å². The molecule has 1 aliphatic heterocycles. The van der Waals surface area contributed by atoms with E-state index in [0.717, 1.165) is 11.3 Å². The van der Waals surface area contributed by atoms with E-state index in [9.17, 15) is 28.2 Å². The zero-order valence-electron chi connectivity index (χ0n) is 15.1. The number of esters is 1. The second-order valence-electron chi connectivity index (χ2n) is 6.02. The van der Waals surface area contributed by atoms with Crippen molar-refractivity contribution < 1.29 is 32.9 Å². The molecule has 1 aliphatic rings. The summed E-state index contributed by atoms with van der Waals surface area (Å²) in [5.41, 5.74) is -3.20. The number of halogens is 3. The lowest BCUT2D eigenvalue weighted by molar-refractivity contribution is -0.254. The maximum Gasteiger partial charge on any atom is 0.438 e. The summed E-state index contributed by atoms with van der Waals surface area (Å²) in [4.78, 5) is 15.6. The number of carbonyl (C=O) groups excluding carboxylic acids is 1. The molecule has 0 aliphatic carbocycles. The molecule has 0 saturated heterocycles. The Bertz CT molecular complexity index is 973. The molecule has 11 heteroatoms. The van der Waals surface area contributed by atoms with Gasteiger partial charge in [0.1, 0.15) is 5.75 Å². The molecular weight excluding hydrogens is 411 g/mol. The van der Waals surface area contributed by atoms with Crippen LogP contribution in [0, 0.1) is 0 Å². The van der Waals surface area contributed by atoms with Gasteiger partial charge >= 0.3 is 12.1 Å². The lowest BCUT2D eigenvalue weighted by atomic mass is 10.1. The van der Waals surface area contributed by atoms with Gasteiger partial charge in [-0.2, -0.15) is 23.3 Å². The number of aromatic hydroxyl groups is 1. The van der Waals surface area contributed by atoms with Crippen molar-refractivity contribution in [3.8, 4) is 5.75 Å². The number of hydrogen-bond acceptors (Lipinski definition) is 8. The maximum absolute atomic E-state index is 13.6. The highest BCUT2D eigenvalue weighted by molar-refractivity contribution is 7.14. The molecular formula is C18H16F3N3O4S. The van der Waals surface area contributed by atoms with Crippen LogP contribution in [-0.4, -0.2) is 45.4 Å². The van der Waals surface area contributed by atoms with Gasteiger partial charge in [-0.1, -0.05) is 18.2 Å². The standard InChI is InChI=1S/C18H16F3N3O4S/c1-2-28-15(26)13-10-29-16(22-13)24-17(27,18(19,20)21)9-12(23-24)8-7-11-5-3-4-6-14(11)25/h3-8,10,25,27H,2,9H2,1H3/b8-7+/t17-/m0/s1. The number of aliphatic hydroxyl groups is 1. The van der Waals surface area contributed by atoms with Gasteiger partial charge in [0.15, 0.2) is 5.69 Å². The van der Waals surface area contributed by atoms with E-state index in [1.54, 1.807) is 25.1 Å². The molecule has 1 aromatic carbocycles. The second kappa shape index (κ2) is 7.84. The first-order chi connectivity index (χ1) is 13.7. The third-order valence-corrected chi connectivity index (χ3v) is 4.83. The van der Waals surface area contributed by atoms with Gasteiger partial charge in [-0.15, -0.1) is 11.3 Å². The van der Waals surface area contributed by atoms with Gasteiger partial charge in [-0.3, -0.25) is 0 Å². The zero-order chi connectivity index (χ0) is 21.2. The molecule has 2 heterocycles. The van der Waals surface area contributed by atoms with Crippen LogP contribution in [0.1, 0.15) is 29.4 Å². The molecule has 0 spiro atoms. The number of hydrazone groups is 1. The molecule has 2 N–H and O–H groups in total. The van der Waals surface area contributed by atoms with Crippen LogP contribution in [-0.2, 0) is 4.74 Å². The molecule has 0 bridgehead atoms. The molecule has 29 heavy (non-hydrogen) atoms. The number of phenols is 1. The van der Waals surface area contributed by atoms with Gasteiger partial charge in [0.05, 0.1) is 18.7 Å². The first-order valence-electron chi connectivity index (χ1n) is 8.41. The number of thiazole rings is 1. The van der Waals surface area contributed by atoms with Crippen molar-refractivity contribution in [3.05, 3.63) is 47.0 Å². The third kappa shape index (κ3) is 4.10. The number of nitrogens with zero attached hydrogens (tertiary/aromatic N) is 3. The minimum absolute atomic E-state index is 0.0516. The summed E-state index contributed by atoms with van der Waals surface area (Å²) < 4.78 is 45.6. The minimum atomic E-state index is -5.04. The summed E-state index contributed by atoms with van der Waals surface area (Å²) in [5.74, 6) is -0.835. The quantitative estimate of drug-likeness (QED) is 0.709.